The fraction of sp³-hybridized carbons (Fsp3) is 0.444. The average molecular weight is 169 g/mol. The molecule has 0 aliphatic heterocycles. The highest BCUT2D eigenvalue weighted by Crippen LogP contribution is 2.05. The number of aromatic nitrogens is 1. The molecule has 0 unspecified atom stereocenters. The normalized spacial score (nSPS) is 10.8. The van der Waals surface area contributed by atoms with Crippen LogP contribution in [0.3, 0.4) is 0 Å². The lowest BCUT2D eigenvalue weighted by molar-refractivity contribution is 0.532. The zero-order valence-corrected chi connectivity index (χ0v) is 7.47. The van der Waals surface area contributed by atoms with E-state index in [4.69, 9.17) is 0 Å². The second-order valence-corrected chi connectivity index (χ2v) is 3.14. The molecule has 0 amide bonds. The first kappa shape index (κ1) is 8.97. The van der Waals surface area contributed by atoms with Crippen LogP contribution < -0.4 is 5.56 Å². The molecule has 0 saturated heterocycles. The van der Waals surface area contributed by atoms with Gasteiger partial charge in [0.05, 0.1) is 0 Å². The van der Waals surface area contributed by atoms with Crippen molar-refractivity contribution in [3.63, 3.8) is 0 Å². The monoisotopic (exact) mass is 169 g/mol. The lowest BCUT2D eigenvalue weighted by Gasteiger charge is -2.09. The lowest BCUT2D eigenvalue weighted by atomic mass is 10.2. The van der Waals surface area contributed by atoms with Crippen molar-refractivity contribution in [3.8, 4) is 0 Å². The summed E-state index contributed by atoms with van der Waals surface area (Å²) in [5.74, 6) is -0.330. The third-order valence-corrected chi connectivity index (χ3v) is 1.78. The van der Waals surface area contributed by atoms with Gasteiger partial charge in [-0.15, -0.1) is 0 Å². The summed E-state index contributed by atoms with van der Waals surface area (Å²) in [7, 11) is 0. The Hall–Kier alpha value is -1.12. The van der Waals surface area contributed by atoms with Crippen molar-refractivity contribution in [1.29, 1.82) is 0 Å². The van der Waals surface area contributed by atoms with E-state index in [0.717, 1.165) is 0 Å². The molecule has 1 aromatic heterocycles. The molecular weight excluding hydrogens is 157 g/mol. The predicted octanol–water partition coefficient (Wildman–Crippen LogP) is 1.88. The van der Waals surface area contributed by atoms with Crippen LogP contribution in [-0.4, -0.2) is 4.57 Å². The van der Waals surface area contributed by atoms with Crippen molar-refractivity contribution < 1.29 is 4.39 Å². The standard InChI is InChI=1S/C9H12FNO/c1-6(2)11-5-8(10)7(3)4-9(11)12/h4-6H,1-3H3. The molecule has 12 heavy (non-hydrogen) atoms. The number of hydrogen-bond donors (Lipinski definition) is 0. The number of halogens is 1. The Bertz CT molecular complexity index is 341. The van der Waals surface area contributed by atoms with Gasteiger partial charge in [-0.3, -0.25) is 4.79 Å². The lowest BCUT2D eigenvalue weighted by Crippen LogP contribution is -2.21. The van der Waals surface area contributed by atoms with Gasteiger partial charge in [0.1, 0.15) is 5.82 Å². The van der Waals surface area contributed by atoms with Crippen LogP contribution in [0, 0.1) is 12.7 Å². The van der Waals surface area contributed by atoms with Crippen LogP contribution in [0.15, 0.2) is 17.1 Å². The Kier molecular flexibility index (Phi) is 2.31. The maximum atomic E-state index is 13.0. The smallest absolute Gasteiger partial charge is 0.251 e. The third-order valence-electron chi connectivity index (χ3n) is 1.78. The number of aryl methyl sites for hydroxylation is 1. The molecule has 1 rings (SSSR count). The van der Waals surface area contributed by atoms with E-state index in [1.165, 1.54) is 16.8 Å². The van der Waals surface area contributed by atoms with Crippen molar-refractivity contribution in [2.75, 3.05) is 0 Å². The Morgan fingerprint density at radius 1 is 1.50 bits per heavy atom. The van der Waals surface area contributed by atoms with E-state index < -0.39 is 0 Å². The zero-order chi connectivity index (χ0) is 9.30. The van der Waals surface area contributed by atoms with Crippen molar-refractivity contribution in [2.24, 2.45) is 0 Å². The molecule has 0 atom stereocenters. The van der Waals surface area contributed by atoms with Crippen LogP contribution in [0.4, 0.5) is 4.39 Å². The third kappa shape index (κ3) is 1.55. The van der Waals surface area contributed by atoms with E-state index in [2.05, 4.69) is 0 Å². The zero-order valence-electron chi connectivity index (χ0n) is 7.47. The molecule has 0 bridgehead atoms. The molecule has 0 N–H and O–H groups in total. The molecule has 0 saturated carbocycles. The fourth-order valence-electron chi connectivity index (χ4n) is 1.02. The van der Waals surface area contributed by atoms with Gasteiger partial charge in [0.25, 0.3) is 5.56 Å². The quantitative estimate of drug-likeness (QED) is 0.629. The Balaban J connectivity index is 3.33. The molecule has 0 aromatic carbocycles. The van der Waals surface area contributed by atoms with Gasteiger partial charge in [0.15, 0.2) is 0 Å². The van der Waals surface area contributed by atoms with E-state index in [1.807, 2.05) is 13.8 Å². The summed E-state index contributed by atoms with van der Waals surface area (Å²) in [4.78, 5) is 11.2. The van der Waals surface area contributed by atoms with E-state index in [1.54, 1.807) is 6.92 Å². The average Bonchev–Trinajstić information content (AvgIpc) is 1.96. The van der Waals surface area contributed by atoms with E-state index in [9.17, 15) is 9.18 Å². The van der Waals surface area contributed by atoms with Crippen LogP contribution in [0.2, 0.25) is 0 Å². The SMILES string of the molecule is Cc1cc(=O)n(C(C)C)cc1F. The largest absolute Gasteiger partial charge is 0.310 e. The van der Waals surface area contributed by atoms with Gasteiger partial charge >= 0.3 is 0 Å². The van der Waals surface area contributed by atoms with E-state index in [0.29, 0.717) is 5.56 Å². The number of rotatable bonds is 1. The highest BCUT2D eigenvalue weighted by molar-refractivity contribution is 5.11. The highest BCUT2D eigenvalue weighted by Gasteiger charge is 2.04. The maximum absolute atomic E-state index is 13.0. The molecule has 1 heterocycles. The number of hydrogen-bond acceptors (Lipinski definition) is 1. The van der Waals surface area contributed by atoms with Gasteiger partial charge in [0.2, 0.25) is 0 Å². The number of pyridine rings is 1. The van der Waals surface area contributed by atoms with Gasteiger partial charge in [-0.1, -0.05) is 0 Å². The van der Waals surface area contributed by atoms with Gasteiger partial charge in [-0.25, -0.2) is 4.39 Å². The minimum Gasteiger partial charge on any atom is -0.310 e. The molecular formula is C9H12FNO. The molecule has 0 radical (unpaired) electrons. The topological polar surface area (TPSA) is 22.0 Å². The summed E-state index contributed by atoms with van der Waals surface area (Å²) in [6, 6.07) is 1.32. The van der Waals surface area contributed by atoms with Gasteiger partial charge < -0.3 is 4.57 Å². The summed E-state index contributed by atoms with van der Waals surface area (Å²) in [5, 5.41) is 0. The van der Waals surface area contributed by atoms with Gasteiger partial charge in [-0.2, -0.15) is 0 Å². The first-order valence-corrected chi connectivity index (χ1v) is 3.90. The fourth-order valence-corrected chi connectivity index (χ4v) is 1.02. The summed E-state index contributed by atoms with van der Waals surface area (Å²) < 4.78 is 14.3. The van der Waals surface area contributed by atoms with Crippen molar-refractivity contribution >= 4 is 0 Å². The molecule has 1 aromatic rings. The highest BCUT2D eigenvalue weighted by atomic mass is 19.1. The van der Waals surface area contributed by atoms with E-state index >= 15 is 0 Å². The van der Waals surface area contributed by atoms with Crippen LogP contribution >= 0.6 is 0 Å². The molecule has 3 heteroatoms. The molecule has 66 valence electrons. The summed E-state index contributed by atoms with van der Waals surface area (Å²) >= 11 is 0. The first-order valence-electron chi connectivity index (χ1n) is 3.90. The first-order chi connectivity index (χ1) is 5.52. The van der Waals surface area contributed by atoms with Crippen molar-refractivity contribution in [3.05, 3.63) is 34.0 Å². The van der Waals surface area contributed by atoms with Crippen LogP contribution in [0.1, 0.15) is 25.5 Å². The second-order valence-electron chi connectivity index (χ2n) is 3.14. The maximum Gasteiger partial charge on any atom is 0.251 e. The molecule has 0 fully saturated rings. The number of nitrogens with zero attached hydrogens (tertiary/aromatic N) is 1. The van der Waals surface area contributed by atoms with Gasteiger partial charge in [-0.05, 0) is 26.3 Å². The minimum atomic E-state index is -0.330. The van der Waals surface area contributed by atoms with Gasteiger partial charge in [0, 0.05) is 18.3 Å². The molecule has 2 nitrogen and oxygen atoms in total. The van der Waals surface area contributed by atoms with Crippen LogP contribution in [0.25, 0.3) is 0 Å². The Morgan fingerprint density at radius 3 is 2.58 bits per heavy atom. The van der Waals surface area contributed by atoms with Crippen molar-refractivity contribution in [1.82, 2.24) is 4.57 Å². The Morgan fingerprint density at radius 2 is 2.08 bits per heavy atom. The predicted molar refractivity (Wildman–Crippen MR) is 45.8 cm³/mol. The van der Waals surface area contributed by atoms with Crippen LogP contribution in [0.5, 0.6) is 0 Å². The minimum absolute atomic E-state index is 0.00704. The Labute approximate surface area is 70.6 Å². The van der Waals surface area contributed by atoms with Crippen LogP contribution in [-0.2, 0) is 0 Å². The molecule has 0 aliphatic rings. The second kappa shape index (κ2) is 3.09. The summed E-state index contributed by atoms with van der Waals surface area (Å²) in [6.45, 7) is 5.27. The summed E-state index contributed by atoms with van der Waals surface area (Å²) in [5.41, 5.74) is 0.251. The van der Waals surface area contributed by atoms with E-state index in [-0.39, 0.29) is 17.4 Å². The summed E-state index contributed by atoms with van der Waals surface area (Å²) in [6.07, 6.45) is 1.25. The van der Waals surface area contributed by atoms with Crippen molar-refractivity contribution in [2.45, 2.75) is 26.8 Å². The molecule has 0 aliphatic carbocycles. The molecule has 0 spiro atoms.